The molecule has 0 bridgehead atoms. The monoisotopic (exact) mass is 298 g/mol. The largest absolute Gasteiger partial charge is 0.493 e. The van der Waals surface area contributed by atoms with Crippen LogP contribution in [-0.4, -0.2) is 40.2 Å². The third-order valence-corrected chi connectivity index (χ3v) is 2.58. The second-order valence-electron chi connectivity index (χ2n) is 3.82. The molecule has 1 aromatic heterocycles. The molecule has 0 spiro atoms. The van der Waals surface area contributed by atoms with Gasteiger partial charge in [0.05, 0.1) is 7.11 Å². The van der Waals surface area contributed by atoms with Gasteiger partial charge in [-0.1, -0.05) is 12.2 Å². The number of nitrogens with one attached hydrogen (secondary N) is 1. The van der Waals surface area contributed by atoms with Crippen LogP contribution in [-0.2, 0) is 9.59 Å². The molecule has 1 rings (SSSR count). The van der Waals surface area contributed by atoms with Crippen LogP contribution >= 0.6 is 12.2 Å². The summed E-state index contributed by atoms with van der Waals surface area (Å²) >= 11 is 5.08. The van der Waals surface area contributed by atoms with Gasteiger partial charge in [0.2, 0.25) is 5.75 Å². The van der Waals surface area contributed by atoms with E-state index in [1.54, 1.807) is 0 Å². The fourth-order valence-corrected chi connectivity index (χ4v) is 1.64. The molecule has 7 nitrogen and oxygen atoms in total. The lowest BCUT2D eigenvalue weighted by Crippen LogP contribution is -2.38. The summed E-state index contributed by atoms with van der Waals surface area (Å²) in [6.45, 7) is 2.66. The molecular formula is C12H14N2O5S. The van der Waals surface area contributed by atoms with E-state index in [0.717, 1.165) is 0 Å². The van der Waals surface area contributed by atoms with Gasteiger partial charge in [0.15, 0.2) is 5.75 Å². The maximum atomic E-state index is 11.1. The average molecular weight is 298 g/mol. The summed E-state index contributed by atoms with van der Waals surface area (Å²) in [7, 11) is 1.41. The molecule has 2 N–H and O–H groups in total. The smallest absolute Gasteiger partial charge is 0.325 e. The zero-order valence-corrected chi connectivity index (χ0v) is 12.0. The number of aliphatic carboxylic acids is 1. The Labute approximate surface area is 120 Å². The summed E-state index contributed by atoms with van der Waals surface area (Å²) in [5.41, 5.74) is 0.141. The molecule has 20 heavy (non-hydrogen) atoms. The van der Waals surface area contributed by atoms with Crippen LogP contribution in [0.25, 0.3) is 0 Å². The molecule has 1 heterocycles. The molecule has 1 aromatic rings. The van der Waals surface area contributed by atoms with Crippen molar-refractivity contribution < 1.29 is 24.2 Å². The van der Waals surface area contributed by atoms with Crippen LogP contribution in [0, 0.1) is 0 Å². The van der Waals surface area contributed by atoms with Crippen molar-refractivity contribution in [2.45, 2.75) is 19.9 Å². The van der Waals surface area contributed by atoms with Crippen molar-refractivity contribution in [3.05, 3.63) is 18.0 Å². The normalized spacial score (nSPS) is 11.3. The number of hydrogen-bond donors (Lipinski definition) is 2. The molecule has 0 aliphatic heterocycles. The van der Waals surface area contributed by atoms with Crippen molar-refractivity contribution in [2.75, 3.05) is 7.11 Å². The van der Waals surface area contributed by atoms with E-state index < -0.39 is 18.0 Å². The molecular weight excluding hydrogens is 284 g/mol. The van der Waals surface area contributed by atoms with Crippen LogP contribution in [0.4, 0.5) is 0 Å². The number of pyridine rings is 1. The third-order valence-electron chi connectivity index (χ3n) is 2.27. The summed E-state index contributed by atoms with van der Waals surface area (Å²) in [5, 5.41) is 11.4. The summed E-state index contributed by atoms with van der Waals surface area (Å²) in [4.78, 5) is 26.0. The van der Waals surface area contributed by atoms with Crippen LogP contribution in [0.5, 0.6) is 11.5 Å². The van der Waals surface area contributed by atoms with E-state index in [1.807, 2.05) is 0 Å². The van der Waals surface area contributed by atoms with Crippen molar-refractivity contribution in [3.63, 3.8) is 0 Å². The van der Waals surface area contributed by atoms with Gasteiger partial charge in [-0.15, -0.1) is 0 Å². The zero-order valence-electron chi connectivity index (χ0n) is 11.2. The van der Waals surface area contributed by atoms with E-state index in [9.17, 15) is 9.59 Å². The number of carboxylic acid groups (broad SMARTS) is 1. The Kier molecular flexibility index (Phi) is 5.39. The number of aromatic nitrogens is 1. The SMILES string of the molecule is COc1ccnc(C(=S)N[C@@H](C)C(=O)O)c1OC(C)=O. The second-order valence-corrected chi connectivity index (χ2v) is 4.23. The van der Waals surface area contributed by atoms with Gasteiger partial charge in [0, 0.05) is 19.2 Å². The first-order valence-corrected chi connectivity index (χ1v) is 6.02. The van der Waals surface area contributed by atoms with E-state index >= 15 is 0 Å². The molecule has 0 fully saturated rings. The maximum absolute atomic E-state index is 11.1. The molecule has 0 radical (unpaired) electrons. The first-order chi connectivity index (χ1) is 9.36. The molecule has 0 aromatic carbocycles. The molecule has 8 heteroatoms. The van der Waals surface area contributed by atoms with E-state index in [2.05, 4.69) is 10.3 Å². The number of thiocarbonyl (C=S) groups is 1. The van der Waals surface area contributed by atoms with Gasteiger partial charge in [-0.2, -0.15) is 0 Å². The lowest BCUT2D eigenvalue weighted by Gasteiger charge is -2.15. The number of carboxylic acids is 1. The Morgan fingerprint density at radius 2 is 2.15 bits per heavy atom. The van der Waals surface area contributed by atoms with Gasteiger partial charge in [0.1, 0.15) is 16.7 Å². The molecule has 0 amide bonds. The number of rotatable bonds is 5. The molecule has 0 unspecified atom stereocenters. The average Bonchev–Trinajstić information content (AvgIpc) is 2.37. The first kappa shape index (κ1) is 15.8. The lowest BCUT2D eigenvalue weighted by molar-refractivity contribution is -0.138. The van der Waals surface area contributed by atoms with Crippen molar-refractivity contribution >= 4 is 29.1 Å². The van der Waals surface area contributed by atoms with Gasteiger partial charge in [-0.05, 0) is 6.92 Å². The van der Waals surface area contributed by atoms with Crippen LogP contribution in [0.3, 0.4) is 0 Å². The van der Waals surface area contributed by atoms with Crippen molar-refractivity contribution in [1.82, 2.24) is 10.3 Å². The maximum Gasteiger partial charge on any atom is 0.325 e. The zero-order chi connectivity index (χ0) is 15.3. The molecule has 108 valence electrons. The van der Waals surface area contributed by atoms with Crippen molar-refractivity contribution in [3.8, 4) is 11.5 Å². The van der Waals surface area contributed by atoms with Crippen molar-refractivity contribution in [2.24, 2.45) is 0 Å². The Balaban J connectivity index is 3.13. The summed E-state index contributed by atoms with van der Waals surface area (Å²) in [5.74, 6) is -1.30. The highest BCUT2D eigenvalue weighted by Gasteiger charge is 2.20. The molecule has 0 aliphatic carbocycles. The van der Waals surface area contributed by atoms with Crippen LogP contribution in [0.2, 0.25) is 0 Å². The minimum atomic E-state index is -1.07. The summed E-state index contributed by atoms with van der Waals surface area (Å²) < 4.78 is 10.1. The Bertz CT molecular complexity index is 547. The minimum Gasteiger partial charge on any atom is -0.493 e. The number of nitrogens with zero attached hydrogens (tertiary/aromatic N) is 1. The highest BCUT2D eigenvalue weighted by atomic mass is 32.1. The fraction of sp³-hybridized carbons (Fsp3) is 0.333. The minimum absolute atomic E-state index is 0.0510. The summed E-state index contributed by atoms with van der Waals surface area (Å²) in [6, 6.07) is 0.603. The number of ether oxygens (including phenoxy) is 2. The summed E-state index contributed by atoms with van der Waals surface area (Å²) in [6.07, 6.45) is 1.42. The predicted octanol–water partition coefficient (Wildman–Crippen LogP) is 0.754. The van der Waals surface area contributed by atoms with Gasteiger partial charge in [-0.3, -0.25) is 9.59 Å². The topological polar surface area (TPSA) is 97.8 Å². The van der Waals surface area contributed by atoms with Crippen LogP contribution in [0.1, 0.15) is 19.5 Å². The van der Waals surface area contributed by atoms with E-state index in [1.165, 1.54) is 33.2 Å². The number of esters is 1. The highest BCUT2D eigenvalue weighted by molar-refractivity contribution is 7.80. The lowest BCUT2D eigenvalue weighted by atomic mass is 10.2. The van der Waals surface area contributed by atoms with E-state index in [-0.39, 0.29) is 22.2 Å². The quantitative estimate of drug-likeness (QED) is 0.607. The molecule has 1 atom stereocenters. The number of methoxy groups -OCH3 is 1. The van der Waals surface area contributed by atoms with Gasteiger partial charge < -0.3 is 19.9 Å². The predicted molar refractivity (Wildman–Crippen MR) is 74.0 cm³/mol. The van der Waals surface area contributed by atoms with Crippen LogP contribution < -0.4 is 14.8 Å². The number of carbonyl (C=O) groups excluding carboxylic acids is 1. The standard InChI is InChI=1S/C12H14N2O5S/c1-6(12(16)17)14-11(20)9-10(19-7(2)15)8(18-3)4-5-13-9/h4-6H,1-3H3,(H,14,20)(H,16,17)/t6-/m0/s1. The first-order valence-electron chi connectivity index (χ1n) is 5.62. The van der Waals surface area contributed by atoms with E-state index in [4.69, 9.17) is 26.8 Å². The number of hydrogen-bond acceptors (Lipinski definition) is 6. The van der Waals surface area contributed by atoms with Crippen LogP contribution in [0.15, 0.2) is 12.3 Å². The van der Waals surface area contributed by atoms with Gasteiger partial charge >= 0.3 is 11.9 Å². The third kappa shape index (κ3) is 3.89. The second kappa shape index (κ2) is 6.80. The van der Waals surface area contributed by atoms with E-state index in [0.29, 0.717) is 0 Å². The van der Waals surface area contributed by atoms with Crippen molar-refractivity contribution in [1.29, 1.82) is 0 Å². The Morgan fingerprint density at radius 1 is 1.50 bits per heavy atom. The Morgan fingerprint density at radius 3 is 2.65 bits per heavy atom. The van der Waals surface area contributed by atoms with Gasteiger partial charge in [0.25, 0.3) is 0 Å². The molecule has 0 saturated heterocycles. The molecule has 0 saturated carbocycles. The highest BCUT2D eigenvalue weighted by Crippen LogP contribution is 2.29. The fourth-order valence-electron chi connectivity index (χ4n) is 1.32. The van der Waals surface area contributed by atoms with Gasteiger partial charge in [-0.25, -0.2) is 4.98 Å². The molecule has 0 aliphatic rings. The number of carbonyl (C=O) groups is 2. The Hall–Kier alpha value is -2.22.